The van der Waals surface area contributed by atoms with Gasteiger partial charge in [-0.1, -0.05) is 17.3 Å². The lowest BCUT2D eigenvalue weighted by molar-refractivity contribution is -0.117. The molecule has 2 aromatic carbocycles. The molecule has 1 atom stereocenters. The number of hydrogen-bond acceptors (Lipinski definition) is 5. The zero-order valence-electron chi connectivity index (χ0n) is 16.7. The van der Waals surface area contributed by atoms with E-state index in [0.29, 0.717) is 18.1 Å². The van der Waals surface area contributed by atoms with Crippen molar-refractivity contribution in [3.05, 3.63) is 71.1 Å². The number of fused-ring (bicyclic) bond motifs is 1. The molecule has 2 amide bonds. The molecule has 8 heteroatoms. The van der Waals surface area contributed by atoms with Crippen LogP contribution in [0, 0.1) is 12.7 Å². The van der Waals surface area contributed by atoms with Crippen LogP contribution in [0.1, 0.15) is 46.9 Å². The molecule has 0 spiro atoms. The van der Waals surface area contributed by atoms with Crippen molar-refractivity contribution in [1.29, 1.82) is 0 Å². The maximum atomic E-state index is 13.1. The summed E-state index contributed by atoms with van der Waals surface area (Å²) < 4.78 is 18.0. The van der Waals surface area contributed by atoms with Gasteiger partial charge in [-0.05, 0) is 61.2 Å². The monoisotopic (exact) mass is 408 g/mol. The molecule has 0 saturated carbocycles. The minimum atomic E-state index is -0.411. The fraction of sp³-hybridized carbons (Fsp3) is 0.273. The molecule has 0 saturated heterocycles. The number of halogens is 1. The standard InChI is InChI=1S/C22H21FN4O3/c1-13(21(28)25-18-8-6-17(23)7-9-18)15-5-10-19-16(12-15)4-3-11-27(19)22(29)20-24-14(2)30-26-20/h5-10,12-13H,3-4,11H2,1-2H3,(H,25,28). The molecule has 30 heavy (non-hydrogen) atoms. The van der Waals surface area contributed by atoms with Gasteiger partial charge in [-0.25, -0.2) is 4.39 Å². The molecule has 1 aliphatic rings. The molecule has 3 aromatic rings. The lowest BCUT2D eigenvalue weighted by Gasteiger charge is -2.29. The van der Waals surface area contributed by atoms with Gasteiger partial charge in [0.05, 0.1) is 5.92 Å². The molecular formula is C22H21FN4O3. The fourth-order valence-corrected chi connectivity index (χ4v) is 3.54. The summed E-state index contributed by atoms with van der Waals surface area (Å²) in [6.07, 6.45) is 1.61. The van der Waals surface area contributed by atoms with Crippen molar-refractivity contribution in [1.82, 2.24) is 10.1 Å². The average Bonchev–Trinajstić information content (AvgIpc) is 3.19. The van der Waals surface area contributed by atoms with E-state index in [1.54, 1.807) is 11.8 Å². The van der Waals surface area contributed by atoms with Crippen LogP contribution in [0.2, 0.25) is 0 Å². The summed E-state index contributed by atoms with van der Waals surface area (Å²) in [7, 11) is 0. The topological polar surface area (TPSA) is 88.3 Å². The zero-order valence-corrected chi connectivity index (χ0v) is 16.7. The fourth-order valence-electron chi connectivity index (χ4n) is 3.54. The highest BCUT2D eigenvalue weighted by atomic mass is 19.1. The van der Waals surface area contributed by atoms with E-state index in [1.807, 2.05) is 25.1 Å². The number of carbonyl (C=O) groups excluding carboxylic acids is 2. The van der Waals surface area contributed by atoms with E-state index in [4.69, 9.17) is 4.52 Å². The number of hydrogen-bond donors (Lipinski definition) is 1. The summed E-state index contributed by atoms with van der Waals surface area (Å²) in [6, 6.07) is 11.3. The highest BCUT2D eigenvalue weighted by molar-refractivity contribution is 6.04. The first-order valence-electron chi connectivity index (χ1n) is 9.74. The highest BCUT2D eigenvalue weighted by Crippen LogP contribution is 2.31. The van der Waals surface area contributed by atoms with Crippen molar-refractivity contribution >= 4 is 23.2 Å². The Labute approximate surface area is 172 Å². The summed E-state index contributed by atoms with van der Waals surface area (Å²) in [5.41, 5.74) is 3.17. The second-order valence-corrected chi connectivity index (χ2v) is 7.30. The van der Waals surface area contributed by atoms with Crippen molar-refractivity contribution in [2.24, 2.45) is 0 Å². The molecular weight excluding hydrogens is 387 g/mol. The first kappa shape index (κ1) is 19.8. The predicted molar refractivity (Wildman–Crippen MR) is 109 cm³/mol. The SMILES string of the molecule is Cc1nc(C(=O)N2CCCc3cc(C(C)C(=O)Nc4ccc(F)cc4)ccc32)no1. The van der Waals surface area contributed by atoms with Crippen molar-refractivity contribution in [2.75, 3.05) is 16.8 Å². The summed E-state index contributed by atoms with van der Waals surface area (Å²) in [5.74, 6) is -0.879. The number of benzene rings is 2. The minimum absolute atomic E-state index is 0.0384. The smallest absolute Gasteiger partial charge is 0.299 e. The molecule has 0 radical (unpaired) electrons. The van der Waals surface area contributed by atoms with Gasteiger partial charge in [-0.2, -0.15) is 4.98 Å². The van der Waals surface area contributed by atoms with Gasteiger partial charge in [0.1, 0.15) is 5.82 Å². The molecule has 2 heterocycles. The van der Waals surface area contributed by atoms with E-state index in [0.717, 1.165) is 29.7 Å². The number of nitrogens with one attached hydrogen (secondary N) is 1. The molecule has 0 bridgehead atoms. The zero-order chi connectivity index (χ0) is 21.3. The van der Waals surface area contributed by atoms with E-state index in [-0.39, 0.29) is 23.5 Å². The third-order valence-electron chi connectivity index (χ3n) is 5.19. The second kappa shape index (κ2) is 8.06. The third-order valence-corrected chi connectivity index (χ3v) is 5.19. The van der Waals surface area contributed by atoms with Gasteiger partial charge >= 0.3 is 0 Å². The summed E-state index contributed by atoms with van der Waals surface area (Å²) in [6.45, 7) is 4.02. The number of carbonyl (C=O) groups is 2. The van der Waals surface area contributed by atoms with Gasteiger partial charge < -0.3 is 14.7 Å². The van der Waals surface area contributed by atoms with Gasteiger partial charge in [-0.3, -0.25) is 9.59 Å². The van der Waals surface area contributed by atoms with Gasteiger partial charge in [0, 0.05) is 24.8 Å². The van der Waals surface area contributed by atoms with Gasteiger partial charge in [0.2, 0.25) is 11.8 Å². The number of aromatic nitrogens is 2. The van der Waals surface area contributed by atoms with E-state index >= 15 is 0 Å². The van der Waals surface area contributed by atoms with Crippen LogP contribution in [0.15, 0.2) is 47.0 Å². The number of aryl methyl sites for hydroxylation is 2. The summed E-state index contributed by atoms with van der Waals surface area (Å²) >= 11 is 0. The maximum absolute atomic E-state index is 13.1. The van der Waals surface area contributed by atoms with E-state index in [9.17, 15) is 14.0 Å². The molecule has 1 unspecified atom stereocenters. The average molecular weight is 408 g/mol. The van der Waals surface area contributed by atoms with Gasteiger partial charge in [-0.15, -0.1) is 0 Å². The van der Waals surface area contributed by atoms with Gasteiger partial charge in [0.15, 0.2) is 0 Å². The first-order chi connectivity index (χ1) is 14.4. The van der Waals surface area contributed by atoms with Crippen molar-refractivity contribution in [3.63, 3.8) is 0 Å². The van der Waals surface area contributed by atoms with Crippen molar-refractivity contribution in [3.8, 4) is 0 Å². The number of anilines is 2. The Balaban J connectivity index is 1.53. The van der Waals surface area contributed by atoms with Gasteiger partial charge in [0.25, 0.3) is 11.7 Å². The van der Waals surface area contributed by atoms with E-state index in [1.165, 1.54) is 24.3 Å². The van der Waals surface area contributed by atoms with Crippen LogP contribution in [-0.2, 0) is 11.2 Å². The molecule has 1 N–H and O–H groups in total. The molecule has 7 nitrogen and oxygen atoms in total. The third kappa shape index (κ3) is 3.94. The van der Waals surface area contributed by atoms with Crippen LogP contribution in [0.4, 0.5) is 15.8 Å². The molecule has 154 valence electrons. The van der Waals surface area contributed by atoms with Crippen LogP contribution >= 0.6 is 0 Å². The lowest BCUT2D eigenvalue weighted by Crippen LogP contribution is -2.36. The lowest BCUT2D eigenvalue weighted by atomic mass is 9.93. The van der Waals surface area contributed by atoms with E-state index < -0.39 is 5.92 Å². The first-order valence-corrected chi connectivity index (χ1v) is 9.74. The number of nitrogens with zero attached hydrogens (tertiary/aromatic N) is 3. The van der Waals surface area contributed by atoms with Crippen LogP contribution in [0.5, 0.6) is 0 Å². The van der Waals surface area contributed by atoms with Crippen molar-refractivity contribution < 1.29 is 18.5 Å². The molecule has 0 fully saturated rings. The minimum Gasteiger partial charge on any atom is -0.339 e. The number of rotatable bonds is 4. The van der Waals surface area contributed by atoms with E-state index in [2.05, 4.69) is 15.5 Å². The van der Waals surface area contributed by atoms with Crippen LogP contribution < -0.4 is 10.2 Å². The van der Waals surface area contributed by atoms with Crippen LogP contribution in [0.3, 0.4) is 0 Å². The summed E-state index contributed by atoms with van der Waals surface area (Å²) in [4.78, 5) is 31.1. The normalized spacial score (nSPS) is 14.2. The Morgan fingerprint density at radius 1 is 1.20 bits per heavy atom. The van der Waals surface area contributed by atoms with Crippen molar-refractivity contribution in [2.45, 2.75) is 32.6 Å². The molecule has 0 aliphatic carbocycles. The Hall–Kier alpha value is -3.55. The predicted octanol–water partition coefficient (Wildman–Crippen LogP) is 3.85. The molecule has 1 aromatic heterocycles. The number of amides is 2. The summed E-state index contributed by atoms with van der Waals surface area (Å²) in [5, 5.41) is 6.53. The molecule has 4 rings (SSSR count). The largest absolute Gasteiger partial charge is 0.339 e. The van der Waals surface area contributed by atoms with Crippen LogP contribution in [-0.4, -0.2) is 28.5 Å². The Morgan fingerprint density at radius 3 is 2.67 bits per heavy atom. The maximum Gasteiger partial charge on any atom is 0.299 e. The highest BCUT2D eigenvalue weighted by Gasteiger charge is 2.28. The Bertz CT molecular complexity index is 1090. The molecule has 1 aliphatic heterocycles. The second-order valence-electron chi connectivity index (χ2n) is 7.30. The Morgan fingerprint density at radius 2 is 1.97 bits per heavy atom. The Kier molecular flexibility index (Phi) is 5.31. The van der Waals surface area contributed by atoms with Crippen LogP contribution in [0.25, 0.3) is 0 Å². The quantitative estimate of drug-likeness (QED) is 0.708.